The third-order valence-electron chi connectivity index (χ3n) is 4.60. The number of fused-ring (bicyclic) bond motifs is 1. The highest BCUT2D eigenvalue weighted by Crippen LogP contribution is 2.34. The molecule has 0 aromatic heterocycles. The van der Waals surface area contributed by atoms with Crippen LogP contribution in [0, 0.1) is 0 Å². The number of aliphatic carboxylic acids is 1. The van der Waals surface area contributed by atoms with Crippen molar-refractivity contribution >= 4 is 41.4 Å². The molecule has 0 aliphatic carbocycles. The third kappa shape index (κ3) is 4.65. The van der Waals surface area contributed by atoms with Gasteiger partial charge >= 0.3 is 5.97 Å². The normalized spacial score (nSPS) is 18.8. The molecule has 2 heterocycles. The fourth-order valence-electron chi connectivity index (χ4n) is 3.25. The van der Waals surface area contributed by atoms with Gasteiger partial charge in [0.15, 0.2) is 0 Å². The molecular formula is C19H20N2O7S. The van der Waals surface area contributed by atoms with E-state index in [1.165, 1.54) is 11.8 Å². The summed E-state index contributed by atoms with van der Waals surface area (Å²) in [7, 11) is 0. The molecule has 1 unspecified atom stereocenters. The van der Waals surface area contributed by atoms with Crippen molar-refractivity contribution in [2.24, 2.45) is 0 Å². The summed E-state index contributed by atoms with van der Waals surface area (Å²) in [5.74, 6) is -2.44. The lowest BCUT2D eigenvalue weighted by atomic mass is 10.0. The molecule has 4 amide bonds. The fraction of sp³-hybridized carbons (Fsp3) is 0.421. The van der Waals surface area contributed by atoms with Gasteiger partial charge in [0.25, 0.3) is 11.8 Å². The minimum absolute atomic E-state index is 0.0787. The number of nitrogens with zero attached hydrogens (tertiary/aromatic N) is 1. The summed E-state index contributed by atoms with van der Waals surface area (Å²) in [6.45, 7) is 0.00654. The number of hydrogen-bond acceptors (Lipinski definition) is 7. The number of carboxylic acid groups (broad SMARTS) is 1. The quantitative estimate of drug-likeness (QED) is 0.345. The molecule has 1 saturated heterocycles. The van der Waals surface area contributed by atoms with Gasteiger partial charge in [0.2, 0.25) is 11.8 Å². The Morgan fingerprint density at radius 3 is 2.72 bits per heavy atom. The molecular weight excluding hydrogens is 400 g/mol. The number of hydrogen-bond donors (Lipinski definition) is 2. The standard InChI is InChI=1S/C19H20N2O7S/c22-14-7-6-12(17(25)20-14)21-18(26)11-4-3-5-13(16(11)19(21)27)29-9-2-1-8-28-10-15(23)24/h3-5,12H,1-2,6-10H2,(H,23,24)(H,20,22,25). The molecule has 2 aliphatic rings. The largest absolute Gasteiger partial charge is 0.480 e. The second kappa shape index (κ2) is 9.19. The number of imide groups is 2. The van der Waals surface area contributed by atoms with Gasteiger partial charge in [0, 0.05) is 17.9 Å². The summed E-state index contributed by atoms with van der Waals surface area (Å²) < 4.78 is 4.98. The van der Waals surface area contributed by atoms with Crippen LogP contribution < -0.4 is 5.32 Å². The van der Waals surface area contributed by atoms with Gasteiger partial charge < -0.3 is 9.84 Å². The molecule has 3 rings (SSSR count). The summed E-state index contributed by atoms with van der Waals surface area (Å²) in [6.07, 6.45) is 1.61. The van der Waals surface area contributed by atoms with E-state index in [1.807, 2.05) is 0 Å². The Bertz CT molecular complexity index is 870. The lowest BCUT2D eigenvalue weighted by molar-refractivity contribution is -0.142. The lowest BCUT2D eigenvalue weighted by Crippen LogP contribution is -2.54. The number of ether oxygens (including phenoxy) is 1. The molecule has 29 heavy (non-hydrogen) atoms. The van der Waals surface area contributed by atoms with Crippen molar-refractivity contribution in [1.82, 2.24) is 10.2 Å². The first-order valence-corrected chi connectivity index (χ1v) is 10.2. The third-order valence-corrected chi connectivity index (χ3v) is 5.74. The number of rotatable bonds is 9. The van der Waals surface area contributed by atoms with Gasteiger partial charge in [0.05, 0.1) is 11.1 Å². The van der Waals surface area contributed by atoms with Crippen LogP contribution in [0.25, 0.3) is 0 Å². The summed E-state index contributed by atoms with van der Waals surface area (Å²) in [6, 6.07) is 4.02. The van der Waals surface area contributed by atoms with E-state index in [0.717, 1.165) is 11.3 Å². The number of piperidine rings is 1. The summed E-state index contributed by atoms with van der Waals surface area (Å²) in [4.78, 5) is 61.2. The van der Waals surface area contributed by atoms with Crippen molar-refractivity contribution < 1.29 is 33.8 Å². The smallest absolute Gasteiger partial charge is 0.329 e. The van der Waals surface area contributed by atoms with Crippen LogP contribution in [-0.2, 0) is 19.1 Å². The maximum Gasteiger partial charge on any atom is 0.329 e. The van der Waals surface area contributed by atoms with Gasteiger partial charge in [-0.1, -0.05) is 6.07 Å². The van der Waals surface area contributed by atoms with Crippen molar-refractivity contribution in [2.45, 2.75) is 36.6 Å². The van der Waals surface area contributed by atoms with Gasteiger partial charge in [-0.25, -0.2) is 4.79 Å². The Kier molecular flexibility index (Phi) is 6.65. The number of nitrogens with one attached hydrogen (secondary N) is 1. The van der Waals surface area contributed by atoms with E-state index in [-0.39, 0.29) is 30.6 Å². The predicted molar refractivity (Wildman–Crippen MR) is 102 cm³/mol. The zero-order chi connectivity index (χ0) is 21.0. The van der Waals surface area contributed by atoms with Crippen molar-refractivity contribution in [3.05, 3.63) is 29.3 Å². The molecule has 9 nitrogen and oxygen atoms in total. The minimum atomic E-state index is -1.01. The Morgan fingerprint density at radius 2 is 2.00 bits per heavy atom. The number of amides is 4. The Hall–Kier alpha value is -2.72. The molecule has 1 aromatic rings. The molecule has 0 spiro atoms. The zero-order valence-corrected chi connectivity index (χ0v) is 16.3. The first-order valence-electron chi connectivity index (χ1n) is 9.17. The molecule has 2 N–H and O–H groups in total. The van der Waals surface area contributed by atoms with Crippen molar-refractivity contribution in [1.29, 1.82) is 0 Å². The van der Waals surface area contributed by atoms with Crippen molar-refractivity contribution in [3.63, 3.8) is 0 Å². The maximum absolute atomic E-state index is 12.9. The highest BCUT2D eigenvalue weighted by molar-refractivity contribution is 7.99. The Labute approximate surface area is 170 Å². The van der Waals surface area contributed by atoms with Gasteiger partial charge in [-0.3, -0.25) is 29.4 Å². The van der Waals surface area contributed by atoms with Crippen LogP contribution in [0.4, 0.5) is 0 Å². The Balaban J connectivity index is 1.63. The number of carboxylic acids is 1. The van der Waals surface area contributed by atoms with Gasteiger partial charge in [-0.2, -0.15) is 0 Å². The maximum atomic E-state index is 12.9. The monoisotopic (exact) mass is 420 g/mol. The van der Waals surface area contributed by atoms with E-state index in [1.54, 1.807) is 18.2 Å². The summed E-state index contributed by atoms with van der Waals surface area (Å²) in [5, 5.41) is 10.7. The highest BCUT2D eigenvalue weighted by atomic mass is 32.2. The molecule has 154 valence electrons. The minimum Gasteiger partial charge on any atom is -0.480 e. The molecule has 0 bridgehead atoms. The average molecular weight is 420 g/mol. The van der Waals surface area contributed by atoms with E-state index in [2.05, 4.69) is 5.32 Å². The first kappa shape index (κ1) is 21.0. The second-order valence-corrected chi connectivity index (χ2v) is 7.76. The molecule has 10 heteroatoms. The lowest BCUT2D eigenvalue weighted by Gasteiger charge is -2.27. The molecule has 0 radical (unpaired) electrons. The van der Waals surface area contributed by atoms with Crippen LogP contribution in [0.3, 0.4) is 0 Å². The number of thioether (sulfide) groups is 1. The Morgan fingerprint density at radius 1 is 1.21 bits per heavy atom. The van der Waals surface area contributed by atoms with Crippen LogP contribution in [0.5, 0.6) is 0 Å². The fourth-order valence-corrected chi connectivity index (χ4v) is 4.34. The summed E-state index contributed by atoms with van der Waals surface area (Å²) in [5.41, 5.74) is 0.545. The molecule has 1 fully saturated rings. The van der Waals surface area contributed by atoms with Crippen LogP contribution in [0.15, 0.2) is 23.1 Å². The van der Waals surface area contributed by atoms with E-state index in [4.69, 9.17) is 9.84 Å². The van der Waals surface area contributed by atoms with Crippen molar-refractivity contribution in [3.8, 4) is 0 Å². The second-order valence-electron chi connectivity index (χ2n) is 6.63. The SMILES string of the molecule is O=C(O)COCCCCSc1cccc2c1C(=O)N(C1CCC(=O)NC1=O)C2=O. The van der Waals surface area contributed by atoms with Crippen LogP contribution >= 0.6 is 11.8 Å². The molecule has 1 atom stereocenters. The van der Waals surface area contributed by atoms with E-state index in [0.29, 0.717) is 23.7 Å². The van der Waals surface area contributed by atoms with E-state index < -0.39 is 35.6 Å². The van der Waals surface area contributed by atoms with Crippen LogP contribution in [0.2, 0.25) is 0 Å². The predicted octanol–water partition coefficient (Wildman–Crippen LogP) is 1.06. The van der Waals surface area contributed by atoms with Gasteiger partial charge in [-0.05, 0) is 37.1 Å². The highest BCUT2D eigenvalue weighted by Gasteiger charge is 2.45. The first-order chi connectivity index (χ1) is 13.9. The molecule has 2 aliphatic heterocycles. The van der Waals surface area contributed by atoms with Crippen LogP contribution in [0.1, 0.15) is 46.4 Å². The van der Waals surface area contributed by atoms with Gasteiger partial charge in [0.1, 0.15) is 12.6 Å². The topological polar surface area (TPSA) is 130 Å². The summed E-state index contributed by atoms with van der Waals surface area (Å²) >= 11 is 1.42. The molecule has 1 aromatic carbocycles. The molecule has 0 saturated carbocycles. The number of carbonyl (C=O) groups is 5. The van der Waals surface area contributed by atoms with Crippen LogP contribution in [-0.4, -0.2) is 64.6 Å². The number of unbranched alkanes of at least 4 members (excludes halogenated alkanes) is 1. The zero-order valence-electron chi connectivity index (χ0n) is 15.5. The average Bonchev–Trinajstić information content (AvgIpc) is 2.92. The number of benzene rings is 1. The van der Waals surface area contributed by atoms with E-state index >= 15 is 0 Å². The van der Waals surface area contributed by atoms with Crippen molar-refractivity contribution in [2.75, 3.05) is 19.0 Å². The number of carbonyl (C=O) groups excluding carboxylic acids is 4. The van der Waals surface area contributed by atoms with E-state index in [9.17, 15) is 24.0 Å². The van der Waals surface area contributed by atoms with Gasteiger partial charge in [-0.15, -0.1) is 11.8 Å².